The number of carbonyl (C=O) groups is 1. The molecule has 1 aliphatic rings. The largest absolute Gasteiger partial charge is 0.494 e. The van der Waals surface area contributed by atoms with E-state index in [1.165, 1.54) is 11.3 Å². The van der Waals surface area contributed by atoms with Crippen LogP contribution in [0.2, 0.25) is 0 Å². The van der Waals surface area contributed by atoms with Gasteiger partial charge in [0, 0.05) is 21.8 Å². The van der Waals surface area contributed by atoms with Gasteiger partial charge in [0.1, 0.15) is 16.4 Å². The number of hydrogen-bond acceptors (Lipinski definition) is 4. The standard InChI is InChI=1S/C19H16BrNO3S/c1-23-16-12-6-4-7-13(20)17(12)25-18(16)19(22)21-14-9-10-24-15-8-3-2-5-11(14)15/h2-8,14H,9-10H2,1H3,(H,21,22)/t14-/m0/s1. The predicted octanol–water partition coefficient (Wildman–Crippen LogP) is 4.93. The molecule has 128 valence electrons. The molecular weight excluding hydrogens is 402 g/mol. The molecule has 3 aromatic rings. The van der Waals surface area contributed by atoms with Crippen LogP contribution >= 0.6 is 27.3 Å². The minimum Gasteiger partial charge on any atom is -0.494 e. The van der Waals surface area contributed by atoms with Crippen molar-refractivity contribution in [1.82, 2.24) is 5.32 Å². The summed E-state index contributed by atoms with van der Waals surface area (Å²) in [4.78, 5) is 13.5. The molecule has 1 N–H and O–H groups in total. The second-order valence-corrected chi connectivity index (χ2v) is 7.66. The van der Waals surface area contributed by atoms with E-state index in [2.05, 4.69) is 21.2 Å². The lowest BCUT2D eigenvalue weighted by molar-refractivity contribution is 0.0926. The van der Waals surface area contributed by atoms with Crippen LogP contribution in [-0.2, 0) is 0 Å². The van der Waals surface area contributed by atoms with Crippen molar-refractivity contribution in [1.29, 1.82) is 0 Å². The third-order valence-electron chi connectivity index (χ3n) is 4.30. The van der Waals surface area contributed by atoms with Gasteiger partial charge in [-0.25, -0.2) is 0 Å². The summed E-state index contributed by atoms with van der Waals surface area (Å²) in [7, 11) is 1.60. The maximum Gasteiger partial charge on any atom is 0.265 e. The summed E-state index contributed by atoms with van der Waals surface area (Å²) in [6.45, 7) is 0.594. The second-order valence-electron chi connectivity index (χ2n) is 5.78. The average molecular weight is 418 g/mol. The van der Waals surface area contributed by atoms with Gasteiger partial charge in [-0.3, -0.25) is 4.79 Å². The SMILES string of the molecule is COc1c(C(=O)N[C@H]2CCOc3ccccc32)sc2c(Br)cccc12. The van der Waals surface area contributed by atoms with Crippen molar-refractivity contribution in [2.75, 3.05) is 13.7 Å². The summed E-state index contributed by atoms with van der Waals surface area (Å²) in [5.41, 5.74) is 1.02. The fraction of sp³-hybridized carbons (Fsp3) is 0.211. The lowest BCUT2D eigenvalue weighted by Crippen LogP contribution is -2.31. The van der Waals surface area contributed by atoms with Crippen LogP contribution in [0.4, 0.5) is 0 Å². The van der Waals surface area contributed by atoms with Crippen molar-refractivity contribution in [3.05, 3.63) is 57.4 Å². The summed E-state index contributed by atoms with van der Waals surface area (Å²) < 4.78 is 13.2. The Morgan fingerprint density at radius 3 is 2.96 bits per heavy atom. The minimum absolute atomic E-state index is 0.0594. The number of nitrogens with one attached hydrogen (secondary N) is 1. The first-order chi connectivity index (χ1) is 12.2. The van der Waals surface area contributed by atoms with E-state index in [0.717, 1.165) is 32.3 Å². The molecule has 4 rings (SSSR count). The van der Waals surface area contributed by atoms with Crippen LogP contribution in [0, 0.1) is 0 Å². The molecule has 2 aromatic carbocycles. The van der Waals surface area contributed by atoms with Crippen LogP contribution < -0.4 is 14.8 Å². The molecule has 0 spiro atoms. The number of methoxy groups -OCH3 is 1. The molecule has 0 bridgehead atoms. The maximum absolute atomic E-state index is 12.9. The van der Waals surface area contributed by atoms with Crippen LogP contribution in [0.5, 0.6) is 11.5 Å². The normalized spacial score (nSPS) is 16.2. The summed E-state index contributed by atoms with van der Waals surface area (Å²) in [5.74, 6) is 1.34. The Bertz CT molecular complexity index is 953. The van der Waals surface area contributed by atoms with Gasteiger partial charge in [-0.2, -0.15) is 0 Å². The van der Waals surface area contributed by atoms with Gasteiger partial charge in [0.05, 0.1) is 24.5 Å². The molecule has 0 radical (unpaired) electrons. The lowest BCUT2D eigenvalue weighted by atomic mass is 10.0. The van der Waals surface area contributed by atoms with Crippen molar-refractivity contribution < 1.29 is 14.3 Å². The van der Waals surface area contributed by atoms with Gasteiger partial charge in [0.25, 0.3) is 5.91 Å². The van der Waals surface area contributed by atoms with Crippen molar-refractivity contribution in [3.63, 3.8) is 0 Å². The highest BCUT2D eigenvalue weighted by atomic mass is 79.9. The third kappa shape index (κ3) is 2.89. The molecule has 0 saturated carbocycles. The van der Waals surface area contributed by atoms with Gasteiger partial charge in [-0.15, -0.1) is 11.3 Å². The van der Waals surface area contributed by atoms with Crippen LogP contribution in [0.25, 0.3) is 10.1 Å². The number of thiophene rings is 1. The Labute approximate surface area is 157 Å². The molecule has 25 heavy (non-hydrogen) atoms. The fourth-order valence-electron chi connectivity index (χ4n) is 3.13. The average Bonchev–Trinajstić information content (AvgIpc) is 3.02. The van der Waals surface area contributed by atoms with E-state index in [9.17, 15) is 4.79 Å². The Morgan fingerprint density at radius 1 is 1.28 bits per heavy atom. The van der Waals surface area contributed by atoms with Crippen molar-refractivity contribution in [3.8, 4) is 11.5 Å². The number of halogens is 1. The van der Waals surface area contributed by atoms with Gasteiger partial charge in [0.2, 0.25) is 0 Å². The second kappa shape index (κ2) is 6.69. The molecule has 2 heterocycles. The van der Waals surface area contributed by atoms with Crippen LogP contribution in [0.3, 0.4) is 0 Å². The highest BCUT2D eigenvalue weighted by molar-refractivity contribution is 9.10. The van der Waals surface area contributed by atoms with E-state index in [-0.39, 0.29) is 11.9 Å². The minimum atomic E-state index is -0.119. The molecule has 1 aliphatic heterocycles. The van der Waals surface area contributed by atoms with E-state index < -0.39 is 0 Å². The Hall–Kier alpha value is -2.05. The zero-order chi connectivity index (χ0) is 17.4. The third-order valence-corrected chi connectivity index (χ3v) is 6.44. The number of benzene rings is 2. The van der Waals surface area contributed by atoms with Crippen LogP contribution in [-0.4, -0.2) is 19.6 Å². The first kappa shape index (κ1) is 16.4. The molecule has 0 aliphatic carbocycles. The summed E-state index contributed by atoms with van der Waals surface area (Å²) in [6.07, 6.45) is 0.750. The Kier molecular flexibility index (Phi) is 4.39. The predicted molar refractivity (Wildman–Crippen MR) is 103 cm³/mol. The number of hydrogen-bond donors (Lipinski definition) is 1. The zero-order valence-electron chi connectivity index (χ0n) is 13.5. The van der Waals surface area contributed by atoms with E-state index in [0.29, 0.717) is 17.2 Å². The van der Waals surface area contributed by atoms with Gasteiger partial charge >= 0.3 is 0 Å². The first-order valence-corrected chi connectivity index (χ1v) is 9.57. The topological polar surface area (TPSA) is 47.6 Å². The molecule has 1 amide bonds. The highest BCUT2D eigenvalue weighted by Crippen LogP contribution is 2.41. The van der Waals surface area contributed by atoms with Gasteiger partial charge in [0.15, 0.2) is 0 Å². The van der Waals surface area contributed by atoms with Crippen molar-refractivity contribution in [2.45, 2.75) is 12.5 Å². The number of ether oxygens (including phenoxy) is 2. The molecule has 0 unspecified atom stereocenters. The summed E-state index contributed by atoms with van der Waals surface area (Å²) >= 11 is 4.99. The van der Waals surface area contributed by atoms with Crippen molar-refractivity contribution in [2.24, 2.45) is 0 Å². The zero-order valence-corrected chi connectivity index (χ0v) is 15.9. The Morgan fingerprint density at radius 2 is 2.12 bits per heavy atom. The number of rotatable bonds is 3. The summed E-state index contributed by atoms with van der Waals surface area (Å²) in [6, 6.07) is 13.7. The van der Waals surface area contributed by atoms with Gasteiger partial charge in [-0.05, 0) is 34.1 Å². The van der Waals surface area contributed by atoms with E-state index in [1.54, 1.807) is 7.11 Å². The molecule has 0 saturated heterocycles. The number of para-hydroxylation sites is 1. The van der Waals surface area contributed by atoms with E-state index in [1.807, 2.05) is 42.5 Å². The maximum atomic E-state index is 12.9. The molecule has 4 nitrogen and oxygen atoms in total. The van der Waals surface area contributed by atoms with Crippen LogP contribution in [0.15, 0.2) is 46.9 Å². The number of fused-ring (bicyclic) bond motifs is 2. The number of amides is 1. The molecule has 0 fully saturated rings. The lowest BCUT2D eigenvalue weighted by Gasteiger charge is -2.26. The highest BCUT2D eigenvalue weighted by Gasteiger charge is 2.26. The van der Waals surface area contributed by atoms with Gasteiger partial charge in [-0.1, -0.05) is 24.3 Å². The van der Waals surface area contributed by atoms with Crippen molar-refractivity contribution >= 4 is 43.3 Å². The Balaban J connectivity index is 1.69. The smallest absolute Gasteiger partial charge is 0.265 e. The first-order valence-electron chi connectivity index (χ1n) is 7.96. The summed E-state index contributed by atoms with van der Waals surface area (Å²) in [5, 5.41) is 4.09. The quantitative estimate of drug-likeness (QED) is 0.657. The number of carbonyl (C=O) groups excluding carboxylic acids is 1. The fourth-order valence-corrected chi connectivity index (χ4v) is 4.82. The molecule has 1 atom stereocenters. The molecule has 6 heteroatoms. The van der Waals surface area contributed by atoms with E-state index >= 15 is 0 Å². The van der Waals surface area contributed by atoms with E-state index in [4.69, 9.17) is 9.47 Å². The van der Waals surface area contributed by atoms with Crippen LogP contribution in [0.1, 0.15) is 27.7 Å². The monoisotopic (exact) mass is 417 g/mol. The van der Waals surface area contributed by atoms with Gasteiger partial charge < -0.3 is 14.8 Å². The molecule has 1 aromatic heterocycles. The molecular formula is C19H16BrNO3S.